The molecule has 20 heavy (non-hydrogen) atoms. The smallest absolute Gasteiger partial charge is 0.0577 e. The third-order valence-corrected chi connectivity index (χ3v) is 7.86. The highest BCUT2D eigenvalue weighted by atomic mass is 16.3. The fourth-order valence-corrected chi connectivity index (χ4v) is 6.63. The van der Waals surface area contributed by atoms with Crippen LogP contribution < -0.4 is 0 Å². The number of aliphatic hydroxyl groups is 1. The zero-order valence-electron chi connectivity index (χ0n) is 13.2. The van der Waals surface area contributed by atoms with Gasteiger partial charge in [-0.3, -0.25) is 0 Å². The molecule has 0 aromatic heterocycles. The van der Waals surface area contributed by atoms with Crippen molar-refractivity contribution >= 4 is 0 Å². The van der Waals surface area contributed by atoms with Crippen LogP contribution in [-0.4, -0.2) is 11.2 Å². The largest absolute Gasteiger partial charge is 0.393 e. The van der Waals surface area contributed by atoms with Crippen molar-refractivity contribution < 1.29 is 5.11 Å². The molecule has 3 saturated carbocycles. The highest BCUT2D eigenvalue weighted by Crippen LogP contribution is 2.64. The maximum absolute atomic E-state index is 10.0. The minimum Gasteiger partial charge on any atom is -0.393 e. The van der Waals surface area contributed by atoms with Crippen LogP contribution in [0.3, 0.4) is 0 Å². The van der Waals surface area contributed by atoms with E-state index in [1.807, 2.05) is 0 Å². The normalized spacial score (nSPS) is 54.6. The standard InChI is InChI=1S/C19H30O/c1-18-9-3-4-16(18)15-6-5-13-12-14(20)7-11-19(13,2)17(15)8-10-18/h5,14-17,20H,3-4,6-12H2,1-2H3/t14-,15+,16+,17+,18+,19-/m0/s1. The average Bonchev–Trinajstić information content (AvgIpc) is 2.81. The molecule has 0 aromatic carbocycles. The van der Waals surface area contributed by atoms with Gasteiger partial charge in [-0.05, 0) is 80.0 Å². The Morgan fingerprint density at radius 1 is 1.05 bits per heavy atom. The summed E-state index contributed by atoms with van der Waals surface area (Å²) in [4.78, 5) is 0. The number of rotatable bonds is 0. The predicted octanol–water partition coefficient (Wildman–Crippen LogP) is 4.70. The van der Waals surface area contributed by atoms with Crippen LogP contribution >= 0.6 is 0 Å². The van der Waals surface area contributed by atoms with Crippen molar-refractivity contribution in [3.05, 3.63) is 11.6 Å². The highest BCUT2D eigenvalue weighted by Gasteiger charge is 2.55. The predicted molar refractivity (Wildman–Crippen MR) is 82.3 cm³/mol. The lowest BCUT2D eigenvalue weighted by Gasteiger charge is -2.57. The van der Waals surface area contributed by atoms with Crippen molar-refractivity contribution in [2.24, 2.45) is 28.6 Å². The summed E-state index contributed by atoms with van der Waals surface area (Å²) in [6.45, 7) is 5.10. The SMILES string of the molecule is C[C@]12CCC[C@@H]1[C@H]1CC=C3C[C@@H](O)CC[C@]3(C)[C@@H]1CC2. The van der Waals surface area contributed by atoms with Crippen LogP contribution in [0.15, 0.2) is 11.6 Å². The molecular weight excluding hydrogens is 244 g/mol. The van der Waals surface area contributed by atoms with Gasteiger partial charge < -0.3 is 5.11 Å². The van der Waals surface area contributed by atoms with E-state index in [9.17, 15) is 5.11 Å². The molecule has 1 heteroatoms. The van der Waals surface area contributed by atoms with Crippen molar-refractivity contribution in [1.29, 1.82) is 0 Å². The fourth-order valence-electron chi connectivity index (χ4n) is 6.63. The van der Waals surface area contributed by atoms with E-state index in [0.29, 0.717) is 10.8 Å². The lowest BCUT2D eigenvalue weighted by molar-refractivity contribution is -0.0360. The Labute approximate surface area is 123 Å². The van der Waals surface area contributed by atoms with Crippen molar-refractivity contribution in [1.82, 2.24) is 0 Å². The van der Waals surface area contributed by atoms with Gasteiger partial charge in [0, 0.05) is 0 Å². The van der Waals surface area contributed by atoms with Crippen molar-refractivity contribution in [3.8, 4) is 0 Å². The summed E-state index contributed by atoms with van der Waals surface area (Å²) in [5, 5.41) is 10.0. The summed E-state index contributed by atoms with van der Waals surface area (Å²) in [6.07, 6.45) is 14.3. The van der Waals surface area contributed by atoms with Gasteiger partial charge in [-0.1, -0.05) is 31.9 Å². The minimum atomic E-state index is -0.0637. The molecule has 0 spiro atoms. The van der Waals surface area contributed by atoms with Crippen molar-refractivity contribution in [2.75, 3.05) is 0 Å². The molecule has 4 aliphatic rings. The summed E-state index contributed by atoms with van der Waals surface area (Å²) in [7, 11) is 0. The first kappa shape index (κ1) is 13.4. The molecule has 0 unspecified atom stereocenters. The Kier molecular flexibility index (Phi) is 2.91. The van der Waals surface area contributed by atoms with Crippen LogP contribution in [0.2, 0.25) is 0 Å². The maximum Gasteiger partial charge on any atom is 0.0577 e. The molecule has 112 valence electrons. The van der Waals surface area contributed by atoms with Crippen molar-refractivity contribution in [3.63, 3.8) is 0 Å². The Hall–Kier alpha value is -0.300. The molecule has 0 aliphatic heterocycles. The van der Waals surface area contributed by atoms with E-state index < -0.39 is 0 Å². The van der Waals surface area contributed by atoms with Gasteiger partial charge in [0.1, 0.15) is 0 Å². The lowest BCUT2D eigenvalue weighted by atomic mass is 9.48. The molecule has 4 rings (SSSR count). The van der Waals surface area contributed by atoms with Gasteiger partial charge in [-0.2, -0.15) is 0 Å². The second-order valence-electron chi connectivity index (χ2n) is 8.74. The molecule has 1 N–H and O–H groups in total. The number of hydrogen-bond donors (Lipinski definition) is 1. The second kappa shape index (κ2) is 4.35. The molecule has 4 aliphatic carbocycles. The maximum atomic E-state index is 10.0. The van der Waals surface area contributed by atoms with Gasteiger partial charge in [0.2, 0.25) is 0 Å². The summed E-state index contributed by atoms with van der Waals surface area (Å²) in [6, 6.07) is 0. The molecule has 0 amide bonds. The second-order valence-corrected chi connectivity index (χ2v) is 8.74. The third-order valence-electron chi connectivity index (χ3n) is 7.86. The molecule has 0 aromatic rings. The number of fused-ring (bicyclic) bond motifs is 5. The molecule has 0 bridgehead atoms. The van der Waals surface area contributed by atoms with Crippen LogP contribution in [0.1, 0.15) is 71.6 Å². The van der Waals surface area contributed by atoms with Crippen LogP contribution in [0.5, 0.6) is 0 Å². The Balaban J connectivity index is 1.68. The molecule has 3 fully saturated rings. The fraction of sp³-hybridized carbons (Fsp3) is 0.895. The number of allylic oxidation sites excluding steroid dienone is 1. The van der Waals surface area contributed by atoms with Gasteiger partial charge in [-0.15, -0.1) is 0 Å². The summed E-state index contributed by atoms with van der Waals surface area (Å²) in [5.41, 5.74) is 2.70. The van der Waals surface area contributed by atoms with E-state index >= 15 is 0 Å². The average molecular weight is 274 g/mol. The monoisotopic (exact) mass is 274 g/mol. The zero-order valence-corrected chi connectivity index (χ0v) is 13.2. The van der Waals surface area contributed by atoms with E-state index in [4.69, 9.17) is 0 Å². The van der Waals surface area contributed by atoms with E-state index in [1.165, 1.54) is 44.9 Å². The van der Waals surface area contributed by atoms with Crippen molar-refractivity contribution in [2.45, 2.75) is 77.7 Å². The molecule has 0 saturated heterocycles. The van der Waals surface area contributed by atoms with Crippen LogP contribution in [0.4, 0.5) is 0 Å². The molecule has 0 heterocycles. The Morgan fingerprint density at radius 2 is 1.90 bits per heavy atom. The quantitative estimate of drug-likeness (QED) is 0.635. The summed E-state index contributed by atoms with van der Waals surface area (Å²) >= 11 is 0. The molecule has 0 radical (unpaired) electrons. The van der Waals surface area contributed by atoms with Crippen LogP contribution in [0, 0.1) is 28.6 Å². The van der Waals surface area contributed by atoms with Crippen LogP contribution in [0.25, 0.3) is 0 Å². The summed E-state index contributed by atoms with van der Waals surface area (Å²) in [5.74, 6) is 2.84. The van der Waals surface area contributed by atoms with E-state index in [1.54, 1.807) is 5.57 Å². The molecule has 1 nitrogen and oxygen atoms in total. The number of hydrogen-bond acceptors (Lipinski definition) is 1. The van der Waals surface area contributed by atoms with Gasteiger partial charge >= 0.3 is 0 Å². The topological polar surface area (TPSA) is 20.2 Å². The van der Waals surface area contributed by atoms with E-state index in [0.717, 1.165) is 30.6 Å². The minimum absolute atomic E-state index is 0.0637. The first-order valence-corrected chi connectivity index (χ1v) is 8.90. The Bertz CT molecular complexity index is 439. The lowest BCUT2D eigenvalue weighted by Crippen LogP contribution is -2.49. The van der Waals surface area contributed by atoms with Gasteiger partial charge in [0.15, 0.2) is 0 Å². The first-order valence-electron chi connectivity index (χ1n) is 8.90. The Morgan fingerprint density at radius 3 is 2.75 bits per heavy atom. The van der Waals surface area contributed by atoms with Gasteiger partial charge in [-0.25, -0.2) is 0 Å². The zero-order chi connectivity index (χ0) is 14.0. The first-order chi connectivity index (χ1) is 9.53. The van der Waals surface area contributed by atoms with Gasteiger partial charge in [0.05, 0.1) is 6.10 Å². The molecular formula is C19H30O. The molecule has 6 atom stereocenters. The third kappa shape index (κ3) is 1.71. The van der Waals surface area contributed by atoms with Gasteiger partial charge in [0.25, 0.3) is 0 Å². The summed E-state index contributed by atoms with van der Waals surface area (Å²) < 4.78 is 0. The van der Waals surface area contributed by atoms with E-state index in [2.05, 4.69) is 19.9 Å². The van der Waals surface area contributed by atoms with E-state index in [-0.39, 0.29) is 6.10 Å². The van der Waals surface area contributed by atoms with Crippen LogP contribution in [-0.2, 0) is 0 Å². The number of aliphatic hydroxyl groups excluding tert-OH is 1. The highest BCUT2D eigenvalue weighted by molar-refractivity contribution is 5.25.